The molecule has 0 unspecified atom stereocenters. The molecule has 0 aliphatic carbocycles. The summed E-state index contributed by atoms with van der Waals surface area (Å²) in [7, 11) is 0. The van der Waals surface area contributed by atoms with Gasteiger partial charge in [-0.3, -0.25) is 0 Å². The number of para-hydroxylation sites is 2. The van der Waals surface area contributed by atoms with Crippen molar-refractivity contribution in [1.29, 1.82) is 0 Å². The lowest BCUT2D eigenvalue weighted by atomic mass is 9.90. The molecule has 5 heteroatoms. The quantitative estimate of drug-likeness (QED) is 0.185. The highest BCUT2D eigenvalue weighted by atomic mass is 32.1. The average molecular weight is 682 g/mol. The summed E-state index contributed by atoms with van der Waals surface area (Å²) >= 11 is 1.87. The first-order chi connectivity index (χ1) is 25.8. The number of furan rings is 1. The van der Waals surface area contributed by atoms with Crippen molar-refractivity contribution in [1.82, 2.24) is 15.0 Å². The van der Waals surface area contributed by atoms with E-state index in [1.54, 1.807) is 0 Å². The van der Waals surface area contributed by atoms with Crippen molar-refractivity contribution in [3.63, 3.8) is 0 Å². The SMILES string of the molecule is c1ccc(-c2nc(-c3ccc(-c4cc5c6ccccc6sc5c5ccccc45)c4ccccc34)nc(-c3cccc4c3oc3ccccc34)n2)cc1. The molecule has 242 valence electrons. The first-order valence-electron chi connectivity index (χ1n) is 17.4. The molecule has 3 heterocycles. The van der Waals surface area contributed by atoms with E-state index >= 15 is 0 Å². The van der Waals surface area contributed by atoms with Crippen molar-refractivity contribution in [3.8, 4) is 45.3 Å². The Bertz CT molecular complexity index is 3200. The number of hydrogen-bond acceptors (Lipinski definition) is 5. The van der Waals surface area contributed by atoms with Crippen LogP contribution in [0.1, 0.15) is 0 Å². The second-order valence-corrected chi connectivity index (χ2v) is 14.2. The lowest BCUT2D eigenvalue weighted by Gasteiger charge is -2.15. The molecule has 0 spiro atoms. The molecular formula is C47H27N3OS. The minimum absolute atomic E-state index is 0.572. The normalized spacial score (nSPS) is 11.8. The summed E-state index contributed by atoms with van der Waals surface area (Å²) in [5, 5.41) is 9.43. The lowest BCUT2D eigenvalue weighted by Crippen LogP contribution is -2.01. The minimum atomic E-state index is 0.572. The van der Waals surface area contributed by atoms with Gasteiger partial charge in [0.25, 0.3) is 0 Å². The van der Waals surface area contributed by atoms with E-state index in [9.17, 15) is 0 Å². The van der Waals surface area contributed by atoms with Gasteiger partial charge in [0.1, 0.15) is 11.2 Å². The number of thiophene rings is 1. The van der Waals surface area contributed by atoms with Crippen LogP contribution >= 0.6 is 11.3 Å². The van der Waals surface area contributed by atoms with Crippen LogP contribution in [0.2, 0.25) is 0 Å². The van der Waals surface area contributed by atoms with Crippen LogP contribution in [0.5, 0.6) is 0 Å². The van der Waals surface area contributed by atoms with Crippen molar-refractivity contribution in [2.45, 2.75) is 0 Å². The number of hydrogen-bond donors (Lipinski definition) is 0. The topological polar surface area (TPSA) is 51.8 Å². The third-order valence-corrected chi connectivity index (χ3v) is 11.4. The molecule has 3 aromatic heterocycles. The fourth-order valence-corrected chi connectivity index (χ4v) is 8.98. The third-order valence-electron chi connectivity index (χ3n) is 10.2. The van der Waals surface area contributed by atoms with E-state index in [1.165, 1.54) is 42.1 Å². The summed E-state index contributed by atoms with van der Waals surface area (Å²) in [6.45, 7) is 0. The number of benzene rings is 8. The number of nitrogens with zero attached hydrogens (tertiary/aromatic N) is 3. The standard InChI is InChI=1S/C47H27N3OS/c1-2-13-28(14-3-1)45-48-46(50-47(49-45)38-22-12-21-35-33-18-8-10-23-41(33)51-43(35)38)37-26-25-32(29-15-4-5-16-30(29)37)39-27-40-34-19-9-11-24-42(34)52-44(40)36-20-7-6-17-31(36)39/h1-27H. The van der Waals surface area contributed by atoms with E-state index in [2.05, 4.69) is 103 Å². The molecule has 0 atom stereocenters. The summed E-state index contributed by atoms with van der Waals surface area (Å²) in [5.41, 5.74) is 6.70. The Morgan fingerprint density at radius 1 is 0.365 bits per heavy atom. The summed E-state index contributed by atoms with van der Waals surface area (Å²) < 4.78 is 9.08. The Morgan fingerprint density at radius 3 is 1.75 bits per heavy atom. The molecule has 0 saturated heterocycles. The molecule has 0 N–H and O–H groups in total. The molecule has 0 bridgehead atoms. The predicted octanol–water partition coefficient (Wildman–Crippen LogP) is 13.1. The average Bonchev–Trinajstić information content (AvgIpc) is 3.79. The van der Waals surface area contributed by atoms with Gasteiger partial charge in [-0.2, -0.15) is 0 Å². The molecule has 0 aliphatic rings. The fourth-order valence-electron chi connectivity index (χ4n) is 7.76. The van der Waals surface area contributed by atoms with Crippen LogP contribution < -0.4 is 0 Å². The van der Waals surface area contributed by atoms with Crippen molar-refractivity contribution in [2.75, 3.05) is 0 Å². The lowest BCUT2D eigenvalue weighted by molar-refractivity contribution is 0.669. The van der Waals surface area contributed by atoms with Crippen LogP contribution in [0.4, 0.5) is 0 Å². The van der Waals surface area contributed by atoms with Crippen LogP contribution in [0.15, 0.2) is 168 Å². The van der Waals surface area contributed by atoms with Gasteiger partial charge in [0, 0.05) is 47.5 Å². The largest absolute Gasteiger partial charge is 0.455 e. The number of aromatic nitrogens is 3. The Balaban J connectivity index is 1.16. The zero-order chi connectivity index (χ0) is 34.2. The van der Waals surface area contributed by atoms with Gasteiger partial charge in [-0.1, -0.05) is 133 Å². The monoisotopic (exact) mass is 681 g/mol. The first kappa shape index (κ1) is 29.1. The van der Waals surface area contributed by atoms with Crippen LogP contribution in [-0.2, 0) is 0 Å². The maximum Gasteiger partial charge on any atom is 0.167 e. The summed E-state index contributed by atoms with van der Waals surface area (Å²) in [6.07, 6.45) is 0. The second-order valence-electron chi connectivity index (χ2n) is 13.1. The molecule has 0 saturated carbocycles. The smallest absolute Gasteiger partial charge is 0.167 e. The molecular weight excluding hydrogens is 655 g/mol. The fraction of sp³-hybridized carbons (Fsp3) is 0. The van der Waals surface area contributed by atoms with Gasteiger partial charge in [-0.25, -0.2) is 15.0 Å². The highest BCUT2D eigenvalue weighted by Crippen LogP contribution is 2.45. The molecule has 8 aromatic carbocycles. The molecule has 0 fully saturated rings. The van der Waals surface area contributed by atoms with E-state index < -0.39 is 0 Å². The Kier molecular flexibility index (Phi) is 6.39. The third kappa shape index (κ3) is 4.43. The van der Waals surface area contributed by atoms with Crippen molar-refractivity contribution < 1.29 is 4.42 Å². The van der Waals surface area contributed by atoms with Crippen LogP contribution in [0.3, 0.4) is 0 Å². The Morgan fingerprint density at radius 2 is 0.942 bits per heavy atom. The maximum absolute atomic E-state index is 6.45. The van der Waals surface area contributed by atoms with E-state index in [1.807, 2.05) is 72.0 Å². The van der Waals surface area contributed by atoms with Crippen LogP contribution in [0.25, 0.3) is 109 Å². The minimum Gasteiger partial charge on any atom is -0.455 e. The van der Waals surface area contributed by atoms with Gasteiger partial charge in [0.05, 0.1) is 5.56 Å². The van der Waals surface area contributed by atoms with Gasteiger partial charge in [-0.15, -0.1) is 11.3 Å². The first-order valence-corrected chi connectivity index (χ1v) is 18.2. The Hall–Kier alpha value is -6.69. The van der Waals surface area contributed by atoms with Crippen LogP contribution in [-0.4, -0.2) is 15.0 Å². The molecule has 52 heavy (non-hydrogen) atoms. The zero-order valence-corrected chi connectivity index (χ0v) is 28.6. The number of rotatable bonds is 4. The summed E-state index contributed by atoms with van der Waals surface area (Å²) in [4.78, 5) is 15.4. The highest BCUT2D eigenvalue weighted by molar-refractivity contribution is 7.26. The van der Waals surface area contributed by atoms with E-state index in [0.717, 1.165) is 49.4 Å². The molecule has 11 aromatic rings. The van der Waals surface area contributed by atoms with Gasteiger partial charge >= 0.3 is 0 Å². The van der Waals surface area contributed by atoms with E-state index in [0.29, 0.717) is 17.5 Å². The Labute approximate surface area is 302 Å². The van der Waals surface area contributed by atoms with Crippen molar-refractivity contribution in [2.24, 2.45) is 0 Å². The summed E-state index contributed by atoms with van der Waals surface area (Å²) in [5.74, 6) is 1.80. The number of fused-ring (bicyclic) bond motifs is 9. The second kappa shape index (κ2) is 11.4. The van der Waals surface area contributed by atoms with Gasteiger partial charge < -0.3 is 4.42 Å². The van der Waals surface area contributed by atoms with Crippen molar-refractivity contribution >= 4 is 75.0 Å². The van der Waals surface area contributed by atoms with Crippen LogP contribution in [0, 0.1) is 0 Å². The van der Waals surface area contributed by atoms with Gasteiger partial charge in [0.15, 0.2) is 17.5 Å². The van der Waals surface area contributed by atoms with E-state index in [4.69, 9.17) is 19.4 Å². The molecule has 11 rings (SSSR count). The van der Waals surface area contributed by atoms with E-state index in [-0.39, 0.29) is 0 Å². The highest BCUT2D eigenvalue weighted by Gasteiger charge is 2.20. The summed E-state index contributed by atoms with van der Waals surface area (Å²) in [6, 6.07) is 57.4. The zero-order valence-electron chi connectivity index (χ0n) is 27.7. The van der Waals surface area contributed by atoms with Gasteiger partial charge in [-0.05, 0) is 57.6 Å². The van der Waals surface area contributed by atoms with Gasteiger partial charge in [0.2, 0.25) is 0 Å². The molecule has 0 aliphatic heterocycles. The molecule has 0 amide bonds. The molecule has 4 nitrogen and oxygen atoms in total. The van der Waals surface area contributed by atoms with Crippen molar-refractivity contribution in [3.05, 3.63) is 164 Å². The maximum atomic E-state index is 6.45. The molecule has 0 radical (unpaired) electrons. The predicted molar refractivity (Wildman–Crippen MR) is 217 cm³/mol.